The standard InChI is InChI=1S/C10H20O2/c1-7(2)9-6-8(11)4-5-10(9,3)12/h7-9,11-12H,4-6H2,1-3H3/t8?,9-,10-/m0/s1. The first-order valence-corrected chi connectivity index (χ1v) is 4.84. The molecule has 0 radical (unpaired) electrons. The molecule has 0 heterocycles. The molecule has 2 nitrogen and oxygen atoms in total. The van der Waals surface area contributed by atoms with Crippen LogP contribution in [0.4, 0.5) is 0 Å². The molecule has 1 unspecified atom stereocenters. The van der Waals surface area contributed by atoms with Crippen molar-refractivity contribution >= 4 is 0 Å². The Morgan fingerprint density at radius 1 is 1.42 bits per heavy atom. The van der Waals surface area contributed by atoms with Crippen molar-refractivity contribution in [3.05, 3.63) is 0 Å². The minimum absolute atomic E-state index is 0.197. The lowest BCUT2D eigenvalue weighted by atomic mass is 9.70. The maximum Gasteiger partial charge on any atom is 0.0652 e. The van der Waals surface area contributed by atoms with Gasteiger partial charge in [-0.3, -0.25) is 0 Å². The lowest BCUT2D eigenvalue weighted by Gasteiger charge is -2.41. The summed E-state index contributed by atoms with van der Waals surface area (Å²) in [6.07, 6.45) is 2.04. The Morgan fingerprint density at radius 2 is 2.00 bits per heavy atom. The molecule has 3 atom stereocenters. The summed E-state index contributed by atoms with van der Waals surface area (Å²) in [5, 5.41) is 19.5. The Morgan fingerprint density at radius 3 is 2.42 bits per heavy atom. The molecule has 1 rings (SSSR count). The third-order valence-corrected chi connectivity index (χ3v) is 3.11. The van der Waals surface area contributed by atoms with E-state index in [-0.39, 0.29) is 12.0 Å². The van der Waals surface area contributed by atoms with Crippen molar-refractivity contribution in [1.29, 1.82) is 0 Å². The Labute approximate surface area is 74.6 Å². The molecule has 1 saturated carbocycles. The van der Waals surface area contributed by atoms with Gasteiger partial charge in [-0.2, -0.15) is 0 Å². The maximum absolute atomic E-state index is 10.0. The van der Waals surface area contributed by atoms with E-state index in [1.807, 2.05) is 6.92 Å². The van der Waals surface area contributed by atoms with Crippen LogP contribution in [0.2, 0.25) is 0 Å². The molecular formula is C10H20O2. The molecule has 0 spiro atoms. The van der Waals surface area contributed by atoms with Gasteiger partial charge < -0.3 is 10.2 Å². The summed E-state index contributed by atoms with van der Waals surface area (Å²) in [6, 6.07) is 0. The van der Waals surface area contributed by atoms with Crippen LogP contribution in [-0.2, 0) is 0 Å². The SMILES string of the molecule is CC(C)[C@@H]1CC(O)CC[C@]1(C)O. The molecule has 1 aliphatic carbocycles. The highest BCUT2D eigenvalue weighted by molar-refractivity contribution is 4.90. The first-order valence-electron chi connectivity index (χ1n) is 4.84. The fourth-order valence-corrected chi connectivity index (χ4v) is 2.30. The quantitative estimate of drug-likeness (QED) is 0.630. The number of aliphatic hydroxyl groups excluding tert-OH is 1. The van der Waals surface area contributed by atoms with E-state index in [0.29, 0.717) is 5.92 Å². The van der Waals surface area contributed by atoms with Crippen molar-refractivity contribution < 1.29 is 10.2 Å². The van der Waals surface area contributed by atoms with Crippen molar-refractivity contribution in [2.75, 3.05) is 0 Å². The summed E-state index contributed by atoms with van der Waals surface area (Å²) >= 11 is 0. The van der Waals surface area contributed by atoms with E-state index in [0.717, 1.165) is 19.3 Å². The smallest absolute Gasteiger partial charge is 0.0652 e. The number of rotatable bonds is 1. The average molecular weight is 172 g/mol. The molecule has 72 valence electrons. The van der Waals surface area contributed by atoms with Gasteiger partial charge in [-0.05, 0) is 38.0 Å². The normalized spacial score (nSPS) is 43.5. The summed E-state index contributed by atoms with van der Waals surface area (Å²) in [5.74, 6) is 0.705. The molecule has 0 bridgehead atoms. The second kappa shape index (κ2) is 3.35. The summed E-state index contributed by atoms with van der Waals surface area (Å²) in [5.41, 5.74) is -0.562. The van der Waals surface area contributed by atoms with Crippen LogP contribution in [0.5, 0.6) is 0 Å². The average Bonchev–Trinajstić information content (AvgIpc) is 1.94. The highest BCUT2D eigenvalue weighted by Gasteiger charge is 2.39. The van der Waals surface area contributed by atoms with Crippen molar-refractivity contribution in [3.63, 3.8) is 0 Å². The first kappa shape index (κ1) is 10.0. The third-order valence-electron chi connectivity index (χ3n) is 3.11. The number of hydrogen-bond acceptors (Lipinski definition) is 2. The number of hydrogen-bond donors (Lipinski definition) is 2. The second-order valence-corrected chi connectivity index (χ2v) is 4.64. The van der Waals surface area contributed by atoms with Crippen molar-refractivity contribution in [2.24, 2.45) is 11.8 Å². The van der Waals surface area contributed by atoms with Crippen molar-refractivity contribution in [2.45, 2.75) is 51.7 Å². The van der Waals surface area contributed by atoms with E-state index in [4.69, 9.17) is 0 Å². The molecule has 2 heteroatoms. The van der Waals surface area contributed by atoms with Gasteiger partial charge in [0.05, 0.1) is 11.7 Å². The Balaban J connectivity index is 2.65. The predicted octanol–water partition coefficient (Wildman–Crippen LogP) is 1.55. The van der Waals surface area contributed by atoms with Gasteiger partial charge in [0.25, 0.3) is 0 Å². The van der Waals surface area contributed by atoms with Gasteiger partial charge in [0.1, 0.15) is 0 Å². The minimum Gasteiger partial charge on any atom is -0.393 e. The van der Waals surface area contributed by atoms with Crippen LogP contribution in [-0.4, -0.2) is 21.9 Å². The van der Waals surface area contributed by atoms with Gasteiger partial charge in [-0.1, -0.05) is 13.8 Å². The minimum atomic E-state index is -0.562. The predicted molar refractivity (Wildman–Crippen MR) is 48.8 cm³/mol. The zero-order valence-corrected chi connectivity index (χ0v) is 8.25. The Hall–Kier alpha value is -0.0800. The molecule has 0 amide bonds. The third kappa shape index (κ3) is 1.99. The van der Waals surface area contributed by atoms with E-state index >= 15 is 0 Å². The van der Waals surface area contributed by atoms with Crippen LogP contribution in [0, 0.1) is 11.8 Å². The summed E-state index contributed by atoms with van der Waals surface area (Å²) in [7, 11) is 0. The van der Waals surface area contributed by atoms with Crippen LogP contribution in [0.25, 0.3) is 0 Å². The highest BCUT2D eigenvalue weighted by Crippen LogP contribution is 2.37. The van der Waals surface area contributed by atoms with Crippen molar-refractivity contribution in [1.82, 2.24) is 0 Å². The molecule has 0 aromatic heterocycles. The largest absolute Gasteiger partial charge is 0.393 e. The fraction of sp³-hybridized carbons (Fsp3) is 1.00. The fourth-order valence-electron chi connectivity index (χ4n) is 2.30. The van der Waals surface area contributed by atoms with E-state index in [9.17, 15) is 10.2 Å². The van der Waals surface area contributed by atoms with Crippen LogP contribution in [0.3, 0.4) is 0 Å². The molecular weight excluding hydrogens is 152 g/mol. The first-order chi connectivity index (χ1) is 5.43. The van der Waals surface area contributed by atoms with E-state index in [2.05, 4.69) is 13.8 Å². The van der Waals surface area contributed by atoms with Crippen LogP contribution in [0.15, 0.2) is 0 Å². The molecule has 0 aromatic carbocycles. The molecule has 1 fully saturated rings. The van der Waals surface area contributed by atoms with E-state index in [1.165, 1.54) is 0 Å². The molecule has 0 aromatic rings. The molecule has 1 aliphatic rings. The molecule has 12 heavy (non-hydrogen) atoms. The summed E-state index contributed by atoms with van der Waals surface area (Å²) in [6.45, 7) is 6.11. The van der Waals surface area contributed by atoms with Gasteiger partial charge in [0.2, 0.25) is 0 Å². The second-order valence-electron chi connectivity index (χ2n) is 4.64. The highest BCUT2D eigenvalue weighted by atomic mass is 16.3. The van der Waals surface area contributed by atoms with Gasteiger partial charge in [0.15, 0.2) is 0 Å². The van der Waals surface area contributed by atoms with Gasteiger partial charge in [-0.25, -0.2) is 0 Å². The van der Waals surface area contributed by atoms with Gasteiger partial charge >= 0.3 is 0 Å². The van der Waals surface area contributed by atoms with Crippen molar-refractivity contribution in [3.8, 4) is 0 Å². The molecule has 0 saturated heterocycles. The van der Waals surface area contributed by atoms with E-state index in [1.54, 1.807) is 0 Å². The van der Waals surface area contributed by atoms with Crippen LogP contribution in [0.1, 0.15) is 40.0 Å². The Kier molecular flexibility index (Phi) is 2.79. The van der Waals surface area contributed by atoms with Gasteiger partial charge in [-0.15, -0.1) is 0 Å². The van der Waals surface area contributed by atoms with Crippen LogP contribution < -0.4 is 0 Å². The topological polar surface area (TPSA) is 40.5 Å². The van der Waals surface area contributed by atoms with Gasteiger partial charge in [0, 0.05) is 0 Å². The zero-order chi connectivity index (χ0) is 9.35. The summed E-state index contributed by atoms with van der Waals surface area (Å²) in [4.78, 5) is 0. The zero-order valence-electron chi connectivity index (χ0n) is 8.25. The van der Waals surface area contributed by atoms with E-state index < -0.39 is 5.60 Å². The number of aliphatic hydroxyl groups is 2. The maximum atomic E-state index is 10.0. The molecule has 0 aliphatic heterocycles. The monoisotopic (exact) mass is 172 g/mol. The Bertz CT molecular complexity index is 152. The lowest BCUT2D eigenvalue weighted by molar-refractivity contribution is -0.0831. The summed E-state index contributed by atoms with van der Waals surface area (Å²) < 4.78 is 0. The lowest BCUT2D eigenvalue weighted by Crippen LogP contribution is -2.44. The molecule has 2 N–H and O–H groups in total. The van der Waals surface area contributed by atoms with Crippen LogP contribution >= 0.6 is 0 Å².